The number of likely N-dealkylation sites (N-methyl/N-ethyl adjacent to an activating group) is 1. The summed E-state index contributed by atoms with van der Waals surface area (Å²) in [5.74, 6) is -0.684. The average molecular weight is 536 g/mol. The van der Waals surface area contributed by atoms with Crippen molar-refractivity contribution >= 4 is 27.5 Å². The lowest BCUT2D eigenvalue weighted by Gasteiger charge is -2.33. The highest BCUT2D eigenvalue weighted by Crippen LogP contribution is 2.25. The zero-order valence-electron chi connectivity index (χ0n) is 22.6. The van der Waals surface area contributed by atoms with Gasteiger partial charge in [-0.05, 0) is 69.0 Å². The molecule has 0 bridgehead atoms. The van der Waals surface area contributed by atoms with Crippen LogP contribution in [0.5, 0.6) is 0 Å². The zero-order chi connectivity index (χ0) is 27.7. The molecule has 202 valence electrons. The third-order valence-corrected chi connectivity index (χ3v) is 8.19. The summed E-state index contributed by atoms with van der Waals surface area (Å²) in [6.45, 7) is 7.73. The zero-order valence-corrected chi connectivity index (χ0v) is 23.4. The van der Waals surface area contributed by atoms with Crippen LogP contribution in [-0.4, -0.2) is 50.8 Å². The number of rotatable bonds is 12. The molecule has 1 N–H and O–H groups in total. The summed E-state index contributed by atoms with van der Waals surface area (Å²) in [5.41, 5.74) is 3.22. The summed E-state index contributed by atoms with van der Waals surface area (Å²) in [6, 6.07) is 22.6. The third-order valence-electron chi connectivity index (χ3n) is 6.40. The van der Waals surface area contributed by atoms with Gasteiger partial charge in [0.05, 0.1) is 10.6 Å². The van der Waals surface area contributed by atoms with E-state index in [2.05, 4.69) is 5.32 Å². The van der Waals surface area contributed by atoms with Crippen LogP contribution in [0, 0.1) is 13.8 Å². The molecule has 7 nitrogen and oxygen atoms in total. The van der Waals surface area contributed by atoms with E-state index < -0.39 is 28.5 Å². The highest BCUT2D eigenvalue weighted by molar-refractivity contribution is 7.92. The van der Waals surface area contributed by atoms with Crippen molar-refractivity contribution < 1.29 is 18.0 Å². The Balaban J connectivity index is 2.00. The lowest BCUT2D eigenvalue weighted by Crippen LogP contribution is -2.53. The molecule has 0 saturated heterocycles. The number of benzene rings is 3. The fourth-order valence-corrected chi connectivity index (χ4v) is 5.74. The molecule has 2 amide bonds. The topological polar surface area (TPSA) is 86.8 Å². The maximum atomic E-state index is 13.9. The Labute approximate surface area is 226 Å². The number of nitrogens with one attached hydrogen (secondary N) is 1. The van der Waals surface area contributed by atoms with E-state index >= 15 is 0 Å². The van der Waals surface area contributed by atoms with Gasteiger partial charge in [-0.1, -0.05) is 67.1 Å². The fraction of sp³-hybridized carbons (Fsp3) is 0.333. The number of sulfonamides is 1. The molecule has 8 heteroatoms. The Morgan fingerprint density at radius 1 is 0.868 bits per heavy atom. The first kappa shape index (κ1) is 28.9. The first-order chi connectivity index (χ1) is 18.2. The normalized spacial score (nSPS) is 12.0. The van der Waals surface area contributed by atoms with Crippen LogP contribution in [-0.2, 0) is 26.0 Å². The van der Waals surface area contributed by atoms with E-state index in [1.165, 1.54) is 4.90 Å². The van der Waals surface area contributed by atoms with Gasteiger partial charge >= 0.3 is 0 Å². The van der Waals surface area contributed by atoms with Crippen molar-refractivity contribution in [3.63, 3.8) is 0 Å². The molecular weight excluding hydrogens is 498 g/mol. The van der Waals surface area contributed by atoms with Crippen molar-refractivity contribution in [2.75, 3.05) is 23.9 Å². The van der Waals surface area contributed by atoms with Gasteiger partial charge in [0.15, 0.2) is 0 Å². The molecule has 1 atom stereocenters. The van der Waals surface area contributed by atoms with Crippen molar-refractivity contribution in [3.8, 4) is 0 Å². The lowest BCUT2D eigenvalue weighted by atomic mass is 10.1. The maximum Gasteiger partial charge on any atom is 0.264 e. The Bertz CT molecular complexity index is 1330. The molecule has 0 spiro atoms. The quantitative estimate of drug-likeness (QED) is 0.370. The monoisotopic (exact) mass is 535 g/mol. The molecule has 0 aliphatic carbocycles. The number of amides is 2. The highest BCUT2D eigenvalue weighted by Gasteiger charge is 2.33. The van der Waals surface area contributed by atoms with Crippen LogP contribution in [0.25, 0.3) is 0 Å². The number of hydrogen-bond donors (Lipinski definition) is 1. The third kappa shape index (κ3) is 7.22. The molecular formula is C30H37N3O4S. The molecule has 0 aliphatic heterocycles. The molecule has 0 fully saturated rings. The van der Waals surface area contributed by atoms with Crippen molar-refractivity contribution in [1.29, 1.82) is 0 Å². The maximum absolute atomic E-state index is 13.9. The summed E-state index contributed by atoms with van der Waals surface area (Å²) < 4.78 is 28.8. The molecule has 0 aromatic heterocycles. The van der Waals surface area contributed by atoms with Gasteiger partial charge in [-0.15, -0.1) is 0 Å². The first-order valence-corrected chi connectivity index (χ1v) is 14.4. The number of carbonyl (C=O) groups is 2. The van der Waals surface area contributed by atoms with E-state index in [0.29, 0.717) is 25.1 Å². The number of aryl methyl sites for hydroxylation is 2. The van der Waals surface area contributed by atoms with Crippen LogP contribution in [0.1, 0.15) is 37.0 Å². The first-order valence-electron chi connectivity index (χ1n) is 12.9. The van der Waals surface area contributed by atoms with Gasteiger partial charge in [-0.3, -0.25) is 13.9 Å². The minimum Gasteiger partial charge on any atom is -0.355 e. The number of hydrogen-bond acceptors (Lipinski definition) is 4. The van der Waals surface area contributed by atoms with Crippen molar-refractivity contribution in [2.24, 2.45) is 0 Å². The average Bonchev–Trinajstić information content (AvgIpc) is 2.90. The van der Waals surface area contributed by atoms with Gasteiger partial charge in [-0.25, -0.2) is 8.42 Å². The van der Waals surface area contributed by atoms with Gasteiger partial charge in [0, 0.05) is 13.1 Å². The molecule has 0 radical (unpaired) electrons. The van der Waals surface area contributed by atoms with Crippen LogP contribution >= 0.6 is 0 Å². The van der Waals surface area contributed by atoms with E-state index in [9.17, 15) is 18.0 Å². The molecule has 3 rings (SSSR count). The second-order valence-electron chi connectivity index (χ2n) is 9.31. The van der Waals surface area contributed by atoms with Crippen LogP contribution in [0.2, 0.25) is 0 Å². The van der Waals surface area contributed by atoms with Crippen molar-refractivity contribution in [3.05, 3.63) is 95.6 Å². The highest BCUT2D eigenvalue weighted by atomic mass is 32.2. The van der Waals surface area contributed by atoms with Crippen molar-refractivity contribution in [1.82, 2.24) is 10.2 Å². The van der Waals surface area contributed by atoms with Gasteiger partial charge < -0.3 is 10.2 Å². The van der Waals surface area contributed by atoms with E-state index in [0.717, 1.165) is 21.0 Å². The predicted octanol–water partition coefficient (Wildman–Crippen LogP) is 4.48. The Kier molecular flexibility index (Phi) is 10.1. The van der Waals surface area contributed by atoms with E-state index in [4.69, 9.17) is 0 Å². The Hall–Kier alpha value is -3.65. The second-order valence-corrected chi connectivity index (χ2v) is 11.2. The number of anilines is 1. The molecule has 0 aliphatic rings. The van der Waals surface area contributed by atoms with E-state index in [-0.39, 0.29) is 17.3 Å². The fourth-order valence-electron chi connectivity index (χ4n) is 4.34. The molecule has 3 aromatic rings. The summed E-state index contributed by atoms with van der Waals surface area (Å²) >= 11 is 0. The summed E-state index contributed by atoms with van der Waals surface area (Å²) in [5, 5.41) is 2.82. The lowest BCUT2D eigenvalue weighted by molar-refractivity contribution is -0.139. The van der Waals surface area contributed by atoms with E-state index in [1.807, 2.05) is 64.1 Å². The van der Waals surface area contributed by atoms with Gasteiger partial charge in [0.1, 0.15) is 12.6 Å². The molecule has 3 aromatic carbocycles. The smallest absolute Gasteiger partial charge is 0.264 e. The predicted molar refractivity (Wildman–Crippen MR) is 152 cm³/mol. The Morgan fingerprint density at radius 3 is 2.16 bits per heavy atom. The van der Waals surface area contributed by atoms with Crippen molar-refractivity contribution in [2.45, 2.75) is 51.5 Å². The second kappa shape index (κ2) is 13.2. The van der Waals surface area contributed by atoms with Crippen LogP contribution < -0.4 is 9.62 Å². The molecule has 0 saturated carbocycles. The largest absolute Gasteiger partial charge is 0.355 e. The van der Waals surface area contributed by atoms with Gasteiger partial charge in [-0.2, -0.15) is 0 Å². The van der Waals surface area contributed by atoms with E-state index in [1.54, 1.807) is 42.5 Å². The summed E-state index contributed by atoms with van der Waals surface area (Å²) in [6.07, 6.45) is 0.944. The summed E-state index contributed by atoms with van der Waals surface area (Å²) in [4.78, 5) is 28.5. The van der Waals surface area contributed by atoms with Crippen LogP contribution in [0.3, 0.4) is 0 Å². The SMILES string of the molecule is CCNC(=O)[C@H](CC)N(CCc1ccccc1)C(=O)CN(c1cccc(C)c1)S(=O)(=O)c1ccc(C)cc1. The number of nitrogens with zero attached hydrogens (tertiary/aromatic N) is 2. The summed E-state index contributed by atoms with van der Waals surface area (Å²) in [7, 11) is -4.06. The number of carbonyl (C=O) groups excluding carboxylic acids is 2. The van der Waals surface area contributed by atoms with Gasteiger partial charge in [0.25, 0.3) is 10.0 Å². The minimum absolute atomic E-state index is 0.101. The molecule has 0 unspecified atom stereocenters. The van der Waals surface area contributed by atoms with Crippen LogP contribution in [0.4, 0.5) is 5.69 Å². The standard InChI is InChI=1S/C30H37N3O4S/c1-5-28(30(35)31-6-2)32(20-19-25-12-8-7-9-13-25)29(34)22-33(26-14-10-11-24(4)21-26)38(36,37)27-17-15-23(3)16-18-27/h7-18,21,28H,5-6,19-20,22H2,1-4H3,(H,31,35)/t28-/m0/s1. The van der Waals surface area contributed by atoms with Crippen LogP contribution in [0.15, 0.2) is 83.8 Å². The van der Waals surface area contributed by atoms with Gasteiger partial charge in [0.2, 0.25) is 11.8 Å². The molecule has 0 heterocycles. The minimum atomic E-state index is -4.06. The Morgan fingerprint density at radius 2 is 1.55 bits per heavy atom. The molecule has 38 heavy (non-hydrogen) atoms.